The molecule has 0 radical (unpaired) electrons. The average molecular weight is 709 g/mol. The van der Waals surface area contributed by atoms with Crippen LogP contribution in [0.15, 0.2) is 94.4 Å². The molecule has 12 heteroatoms. The SMILES string of the molecule is CCOP(=O)(OCC)C([C@H](c1ccc(Br)cc1)[C@H](N=C(c1ccccc1)c1ccccc1)C(=O)OC)P(=O)(OCC)OCC. The Morgan fingerprint density at radius 1 is 0.705 bits per heavy atom. The number of carbonyl (C=O) groups excluding carboxylic acids is 1. The Hall–Kier alpha value is -2.42. The van der Waals surface area contributed by atoms with Gasteiger partial charge in [0.25, 0.3) is 0 Å². The molecule has 0 aliphatic heterocycles. The number of hydrogen-bond acceptors (Lipinski definition) is 9. The van der Waals surface area contributed by atoms with Crippen LogP contribution in [0.2, 0.25) is 0 Å². The summed E-state index contributed by atoms with van der Waals surface area (Å²) in [5, 5.41) is -1.59. The van der Waals surface area contributed by atoms with Crippen molar-refractivity contribution in [3.05, 3.63) is 106 Å². The van der Waals surface area contributed by atoms with Gasteiger partial charge in [0, 0.05) is 21.5 Å². The van der Waals surface area contributed by atoms with Crippen molar-refractivity contribution in [3.63, 3.8) is 0 Å². The molecule has 0 amide bonds. The summed E-state index contributed by atoms with van der Waals surface area (Å²) in [6.07, 6.45) is 0. The van der Waals surface area contributed by atoms with E-state index in [-0.39, 0.29) is 26.4 Å². The van der Waals surface area contributed by atoms with Gasteiger partial charge in [-0.15, -0.1) is 0 Å². The highest BCUT2D eigenvalue weighted by molar-refractivity contribution is 9.10. The second-order valence-electron chi connectivity index (χ2n) is 9.42. The zero-order valence-corrected chi connectivity index (χ0v) is 29.0. The fourth-order valence-electron chi connectivity index (χ4n) is 4.92. The zero-order valence-electron chi connectivity index (χ0n) is 25.6. The number of ether oxygens (including phenoxy) is 1. The molecule has 3 aromatic carbocycles. The summed E-state index contributed by atoms with van der Waals surface area (Å²) < 4.78 is 59.1. The van der Waals surface area contributed by atoms with E-state index in [2.05, 4.69) is 15.9 Å². The average Bonchev–Trinajstić information content (AvgIpc) is 3.02. The molecule has 0 aliphatic rings. The van der Waals surface area contributed by atoms with Gasteiger partial charge < -0.3 is 22.8 Å². The van der Waals surface area contributed by atoms with Crippen LogP contribution in [-0.2, 0) is 36.8 Å². The molecule has 0 fully saturated rings. The van der Waals surface area contributed by atoms with Gasteiger partial charge in [0.05, 0.1) is 39.2 Å². The number of hydrogen-bond donors (Lipinski definition) is 0. The molecule has 44 heavy (non-hydrogen) atoms. The van der Waals surface area contributed by atoms with Crippen LogP contribution in [0.5, 0.6) is 0 Å². The number of nitrogens with zero attached hydrogens (tertiary/aromatic N) is 1. The fourth-order valence-corrected chi connectivity index (χ4v) is 11.0. The molecule has 0 heterocycles. The summed E-state index contributed by atoms with van der Waals surface area (Å²) in [5.74, 6) is -1.95. The van der Waals surface area contributed by atoms with Gasteiger partial charge in [0.15, 0.2) is 11.4 Å². The normalized spacial score (nSPS) is 13.3. The van der Waals surface area contributed by atoms with Crippen molar-refractivity contribution in [1.82, 2.24) is 0 Å². The van der Waals surface area contributed by atoms with Gasteiger partial charge in [0.1, 0.15) is 0 Å². The second kappa shape index (κ2) is 17.3. The Balaban J connectivity index is 2.49. The lowest BCUT2D eigenvalue weighted by atomic mass is 9.92. The fraction of sp³-hybridized carbons (Fsp3) is 0.375. The molecule has 2 atom stereocenters. The van der Waals surface area contributed by atoms with E-state index in [4.69, 9.17) is 27.8 Å². The van der Waals surface area contributed by atoms with E-state index in [0.29, 0.717) is 11.3 Å². The molecule has 9 nitrogen and oxygen atoms in total. The number of methoxy groups -OCH3 is 1. The van der Waals surface area contributed by atoms with E-state index < -0.39 is 38.5 Å². The van der Waals surface area contributed by atoms with Gasteiger partial charge in [0.2, 0.25) is 0 Å². The molecule has 238 valence electrons. The first-order chi connectivity index (χ1) is 21.2. The molecule has 0 spiro atoms. The largest absolute Gasteiger partial charge is 0.467 e. The highest BCUT2D eigenvalue weighted by Gasteiger charge is 2.58. The summed E-state index contributed by atoms with van der Waals surface area (Å²) in [6.45, 7) is 6.53. The number of rotatable bonds is 17. The van der Waals surface area contributed by atoms with Gasteiger partial charge in [-0.25, -0.2) is 4.79 Å². The van der Waals surface area contributed by atoms with Crippen LogP contribution in [0.4, 0.5) is 0 Å². The Bertz CT molecular complexity index is 1360. The smallest absolute Gasteiger partial charge is 0.346 e. The van der Waals surface area contributed by atoms with Crippen LogP contribution in [0.3, 0.4) is 0 Å². The van der Waals surface area contributed by atoms with E-state index in [0.717, 1.165) is 15.6 Å². The monoisotopic (exact) mass is 707 g/mol. The van der Waals surface area contributed by atoms with Crippen molar-refractivity contribution in [3.8, 4) is 0 Å². The van der Waals surface area contributed by atoms with Crippen molar-refractivity contribution < 1.29 is 36.8 Å². The van der Waals surface area contributed by atoms with Crippen molar-refractivity contribution in [2.75, 3.05) is 33.5 Å². The molecule has 0 bridgehead atoms. The van der Waals surface area contributed by atoms with Crippen LogP contribution in [0.1, 0.15) is 50.3 Å². The molecule has 0 saturated carbocycles. The lowest BCUT2D eigenvalue weighted by molar-refractivity contribution is -0.142. The molecule has 3 rings (SSSR count). The predicted molar refractivity (Wildman–Crippen MR) is 177 cm³/mol. The number of carbonyl (C=O) groups is 1. The molecule has 0 aromatic heterocycles. The third kappa shape index (κ3) is 8.85. The molecule has 0 aliphatic carbocycles. The second-order valence-corrected chi connectivity index (χ2v) is 15.0. The van der Waals surface area contributed by atoms with Crippen LogP contribution in [0, 0.1) is 0 Å². The molecule has 0 unspecified atom stereocenters. The predicted octanol–water partition coefficient (Wildman–Crippen LogP) is 8.47. The summed E-state index contributed by atoms with van der Waals surface area (Å²) >= 11 is 3.46. The number of benzene rings is 3. The minimum atomic E-state index is -4.34. The standard InChI is InChI=1S/C32H40BrNO8P2/c1-6-39-43(36,40-7-2)32(44(37,41-8-3)42-9-4)28(24-20-22-27(33)23-21-24)30(31(35)38-5)34-29(25-16-12-10-13-17-25)26-18-14-11-15-19-26/h10-23,28,30,32H,6-9H2,1-5H3/t28-,30+/m1/s1. The van der Waals surface area contributed by atoms with Crippen LogP contribution >= 0.6 is 31.1 Å². The first-order valence-electron chi connectivity index (χ1n) is 14.5. The van der Waals surface area contributed by atoms with Gasteiger partial charge in [-0.05, 0) is 45.4 Å². The van der Waals surface area contributed by atoms with Crippen LogP contribution < -0.4 is 0 Å². The topological polar surface area (TPSA) is 110 Å². The van der Waals surface area contributed by atoms with Crippen LogP contribution in [0.25, 0.3) is 0 Å². The Morgan fingerprint density at radius 3 is 1.48 bits per heavy atom. The molecular formula is C32H40BrNO8P2. The van der Waals surface area contributed by atoms with Gasteiger partial charge in [-0.2, -0.15) is 0 Å². The van der Waals surface area contributed by atoms with E-state index in [1.165, 1.54) is 7.11 Å². The van der Waals surface area contributed by atoms with Gasteiger partial charge in [-0.3, -0.25) is 14.1 Å². The molecule has 3 aromatic rings. The van der Waals surface area contributed by atoms with Crippen LogP contribution in [-0.4, -0.2) is 56.7 Å². The lowest BCUT2D eigenvalue weighted by Crippen LogP contribution is -2.37. The van der Waals surface area contributed by atoms with Crippen molar-refractivity contribution in [2.45, 2.75) is 45.1 Å². The Labute approximate surface area is 268 Å². The highest BCUT2D eigenvalue weighted by atomic mass is 79.9. The summed E-state index contributed by atoms with van der Waals surface area (Å²) in [4.78, 5) is 18.9. The van der Waals surface area contributed by atoms with E-state index in [9.17, 15) is 13.9 Å². The van der Waals surface area contributed by atoms with Gasteiger partial charge >= 0.3 is 21.2 Å². The Morgan fingerprint density at radius 2 is 1.11 bits per heavy atom. The zero-order chi connectivity index (χ0) is 32.2. The van der Waals surface area contributed by atoms with E-state index >= 15 is 0 Å². The van der Waals surface area contributed by atoms with Crippen molar-refractivity contribution in [1.29, 1.82) is 0 Å². The molecular weight excluding hydrogens is 668 g/mol. The number of esters is 1. The molecule has 0 N–H and O–H groups in total. The highest BCUT2D eigenvalue weighted by Crippen LogP contribution is 2.74. The summed E-state index contributed by atoms with van der Waals surface area (Å²) in [6, 6.07) is 24.4. The van der Waals surface area contributed by atoms with E-state index in [1.54, 1.807) is 52.0 Å². The maximum Gasteiger partial charge on any atom is 0.346 e. The summed E-state index contributed by atoms with van der Waals surface area (Å²) in [7, 11) is -7.43. The summed E-state index contributed by atoms with van der Waals surface area (Å²) in [5.41, 5.74) is 2.42. The van der Waals surface area contributed by atoms with Crippen molar-refractivity contribution >= 4 is 42.8 Å². The first kappa shape index (κ1) is 36.1. The minimum Gasteiger partial charge on any atom is -0.467 e. The molecule has 0 saturated heterocycles. The third-order valence-corrected chi connectivity index (χ3v) is 13.2. The first-order valence-corrected chi connectivity index (χ1v) is 18.5. The Kier molecular flexibility index (Phi) is 14.2. The third-order valence-electron chi connectivity index (χ3n) is 6.61. The van der Waals surface area contributed by atoms with E-state index in [1.807, 2.05) is 60.7 Å². The van der Waals surface area contributed by atoms with Crippen molar-refractivity contribution in [2.24, 2.45) is 4.99 Å². The minimum absolute atomic E-state index is 0.0233. The lowest BCUT2D eigenvalue weighted by Gasteiger charge is -2.38. The number of aliphatic imine (C=N–C) groups is 1. The maximum atomic E-state index is 14.8. The van der Waals surface area contributed by atoms with Gasteiger partial charge in [-0.1, -0.05) is 88.7 Å². The quantitative estimate of drug-likeness (QED) is 0.0781. The number of halogens is 1. The maximum absolute atomic E-state index is 14.8.